The lowest BCUT2D eigenvalue weighted by molar-refractivity contribution is 0.787. The molecule has 0 atom stereocenters. The Hall–Kier alpha value is -1.56. The van der Waals surface area contributed by atoms with Crippen LogP contribution in [-0.2, 0) is 6.42 Å². The third-order valence-electron chi connectivity index (χ3n) is 3.65. The first-order chi connectivity index (χ1) is 9.08. The van der Waals surface area contributed by atoms with Gasteiger partial charge in [-0.25, -0.2) is 0 Å². The molecule has 0 aliphatic carbocycles. The Labute approximate surface area is 117 Å². The summed E-state index contributed by atoms with van der Waals surface area (Å²) < 4.78 is 0. The summed E-state index contributed by atoms with van der Waals surface area (Å²) in [6.45, 7) is 9.12. The van der Waals surface area contributed by atoms with Crippen LogP contribution in [0.15, 0.2) is 48.5 Å². The van der Waals surface area contributed by atoms with E-state index in [4.69, 9.17) is 0 Å². The minimum absolute atomic E-state index is 0.591. The van der Waals surface area contributed by atoms with Crippen LogP contribution in [0.25, 0.3) is 0 Å². The van der Waals surface area contributed by atoms with Crippen LogP contribution in [0.4, 0.5) is 0 Å². The zero-order valence-electron chi connectivity index (χ0n) is 12.5. The van der Waals surface area contributed by atoms with Gasteiger partial charge in [-0.3, -0.25) is 0 Å². The predicted molar refractivity (Wildman–Crippen MR) is 83.9 cm³/mol. The van der Waals surface area contributed by atoms with Gasteiger partial charge in [0.25, 0.3) is 0 Å². The number of hydrogen-bond donors (Lipinski definition) is 0. The molecule has 0 aliphatic heterocycles. The molecule has 0 nitrogen and oxygen atoms in total. The van der Waals surface area contributed by atoms with Gasteiger partial charge in [-0.15, -0.1) is 0 Å². The van der Waals surface area contributed by atoms with E-state index >= 15 is 0 Å². The molecule has 0 heterocycles. The molecule has 0 radical (unpaired) electrons. The van der Waals surface area contributed by atoms with Crippen molar-refractivity contribution in [2.45, 2.75) is 46.0 Å². The van der Waals surface area contributed by atoms with Crippen LogP contribution in [0.2, 0.25) is 0 Å². The molecule has 0 N–H and O–H groups in total. The van der Waals surface area contributed by atoms with E-state index in [1.807, 2.05) is 0 Å². The molecule has 0 spiro atoms. The quantitative estimate of drug-likeness (QED) is 0.671. The Balaban J connectivity index is 2.31. The fraction of sp³-hybridized carbons (Fsp3) is 0.368. The Kier molecular flexibility index (Phi) is 4.42. The maximum atomic E-state index is 2.40. The Morgan fingerprint density at radius 3 is 1.89 bits per heavy atom. The van der Waals surface area contributed by atoms with Crippen LogP contribution in [0.5, 0.6) is 0 Å². The monoisotopic (exact) mass is 252 g/mol. The molecule has 2 rings (SSSR count). The lowest BCUT2D eigenvalue weighted by Crippen LogP contribution is -2.00. The van der Waals surface area contributed by atoms with E-state index in [-0.39, 0.29) is 0 Å². The summed E-state index contributed by atoms with van der Waals surface area (Å²) in [5, 5.41) is 0. The van der Waals surface area contributed by atoms with Crippen molar-refractivity contribution in [2.75, 3.05) is 0 Å². The summed E-state index contributed by atoms with van der Waals surface area (Å²) in [5.41, 5.74) is 5.80. The van der Waals surface area contributed by atoms with E-state index in [1.165, 1.54) is 22.3 Å². The minimum atomic E-state index is 0.591. The molecule has 19 heavy (non-hydrogen) atoms. The van der Waals surface area contributed by atoms with Crippen LogP contribution >= 0.6 is 0 Å². The van der Waals surface area contributed by atoms with Crippen molar-refractivity contribution in [1.29, 1.82) is 0 Å². The molecular formula is C19H24. The molecular weight excluding hydrogens is 228 g/mol. The third kappa shape index (κ3) is 3.47. The molecule has 0 aliphatic rings. The highest BCUT2D eigenvalue weighted by Crippen LogP contribution is 2.27. The molecule has 2 aromatic rings. The average molecular weight is 252 g/mol. The molecule has 0 unspecified atom stereocenters. The predicted octanol–water partition coefficient (Wildman–Crippen LogP) is 5.52. The average Bonchev–Trinajstić information content (AvgIpc) is 2.39. The zero-order chi connectivity index (χ0) is 13.8. The largest absolute Gasteiger partial charge is 0.0622 e. The highest BCUT2D eigenvalue weighted by atomic mass is 14.2. The van der Waals surface area contributed by atoms with Crippen LogP contribution in [-0.4, -0.2) is 0 Å². The van der Waals surface area contributed by atoms with Gasteiger partial charge in [0.15, 0.2) is 0 Å². The number of hydrogen-bond acceptors (Lipinski definition) is 0. The normalized spacial score (nSPS) is 11.3. The van der Waals surface area contributed by atoms with E-state index < -0.39 is 0 Å². The van der Waals surface area contributed by atoms with Gasteiger partial charge in [0.1, 0.15) is 0 Å². The lowest BCUT2D eigenvalue weighted by atomic mass is 9.88. The van der Waals surface area contributed by atoms with Crippen LogP contribution in [0, 0.1) is 0 Å². The fourth-order valence-electron chi connectivity index (χ4n) is 2.59. The second-order valence-electron chi connectivity index (χ2n) is 5.94. The standard InChI is InChI=1S/C19H24/c1-14(2)18-11-10-17(13-19(18)15(3)4)12-16-8-6-5-7-9-16/h5-11,13-15H,12H2,1-4H3. The van der Waals surface area contributed by atoms with Crippen molar-refractivity contribution in [2.24, 2.45) is 0 Å². The van der Waals surface area contributed by atoms with E-state index in [9.17, 15) is 0 Å². The van der Waals surface area contributed by atoms with Crippen molar-refractivity contribution in [3.63, 3.8) is 0 Å². The topological polar surface area (TPSA) is 0 Å². The lowest BCUT2D eigenvalue weighted by Gasteiger charge is -2.17. The molecule has 0 aromatic heterocycles. The molecule has 0 amide bonds. The van der Waals surface area contributed by atoms with Crippen LogP contribution < -0.4 is 0 Å². The van der Waals surface area contributed by atoms with E-state index in [2.05, 4.69) is 76.2 Å². The SMILES string of the molecule is CC(C)c1ccc(Cc2ccccc2)cc1C(C)C. The number of rotatable bonds is 4. The molecule has 0 saturated heterocycles. The van der Waals surface area contributed by atoms with Crippen molar-refractivity contribution < 1.29 is 0 Å². The summed E-state index contributed by atoms with van der Waals surface area (Å²) >= 11 is 0. The zero-order valence-corrected chi connectivity index (χ0v) is 12.5. The summed E-state index contributed by atoms with van der Waals surface area (Å²) in [6.07, 6.45) is 1.03. The first kappa shape index (κ1) is 13.9. The second-order valence-corrected chi connectivity index (χ2v) is 5.94. The van der Waals surface area contributed by atoms with E-state index in [1.54, 1.807) is 0 Å². The summed E-state index contributed by atoms with van der Waals surface area (Å²) in [4.78, 5) is 0. The molecule has 0 saturated carbocycles. The molecule has 0 heteroatoms. The van der Waals surface area contributed by atoms with Crippen LogP contribution in [0.1, 0.15) is 61.8 Å². The van der Waals surface area contributed by atoms with Crippen molar-refractivity contribution in [1.82, 2.24) is 0 Å². The maximum Gasteiger partial charge on any atom is -0.00257 e. The van der Waals surface area contributed by atoms with Gasteiger partial charge >= 0.3 is 0 Å². The van der Waals surface area contributed by atoms with Gasteiger partial charge in [0, 0.05) is 0 Å². The summed E-state index contributed by atoms with van der Waals surface area (Å²) in [7, 11) is 0. The maximum absolute atomic E-state index is 2.40. The van der Waals surface area contributed by atoms with E-state index in [0.29, 0.717) is 11.8 Å². The first-order valence-electron chi connectivity index (χ1n) is 7.24. The second kappa shape index (κ2) is 6.06. The van der Waals surface area contributed by atoms with Crippen molar-refractivity contribution in [3.05, 3.63) is 70.8 Å². The van der Waals surface area contributed by atoms with Gasteiger partial charge in [0.05, 0.1) is 0 Å². The molecule has 0 bridgehead atoms. The first-order valence-corrected chi connectivity index (χ1v) is 7.24. The molecule has 100 valence electrons. The third-order valence-corrected chi connectivity index (χ3v) is 3.65. The minimum Gasteiger partial charge on any atom is -0.0622 e. The van der Waals surface area contributed by atoms with Crippen LogP contribution in [0.3, 0.4) is 0 Å². The highest BCUT2D eigenvalue weighted by molar-refractivity contribution is 5.38. The Morgan fingerprint density at radius 1 is 0.684 bits per heavy atom. The smallest absolute Gasteiger partial charge is 0.00257 e. The van der Waals surface area contributed by atoms with E-state index in [0.717, 1.165) is 6.42 Å². The van der Waals surface area contributed by atoms with Gasteiger partial charge in [-0.1, -0.05) is 76.2 Å². The fourth-order valence-corrected chi connectivity index (χ4v) is 2.59. The summed E-state index contributed by atoms with van der Waals surface area (Å²) in [6, 6.07) is 17.7. The van der Waals surface area contributed by atoms with Crippen molar-refractivity contribution >= 4 is 0 Å². The number of benzene rings is 2. The molecule has 0 fully saturated rings. The summed E-state index contributed by atoms with van der Waals surface area (Å²) in [5.74, 6) is 1.19. The molecule has 2 aromatic carbocycles. The van der Waals surface area contributed by atoms with Gasteiger partial charge < -0.3 is 0 Å². The van der Waals surface area contributed by atoms with Gasteiger partial charge in [0.2, 0.25) is 0 Å². The Morgan fingerprint density at radius 2 is 1.32 bits per heavy atom. The highest BCUT2D eigenvalue weighted by Gasteiger charge is 2.10. The van der Waals surface area contributed by atoms with Gasteiger partial charge in [-0.05, 0) is 40.5 Å². The Bertz CT molecular complexity index is 521. The van der Waals surface area contributed by atoms with Crippen molar-refractivity contribution in [3.8, 4) is 0 Å². The van der Waals surface area contributed by atoms with Gasteiger partial charge in [-0.2, -0.15) is 0 Å².